The Morgan fingerprint density at radius 2 is 2.11 bits per heavy atom. The molecule has 1 unspecified atom stereocenters. The third-order valence-corrected chi connectivity index (χ3v) is 3.79. The Bertz CT molecular complexity index is 385. The molecule has 0 saturated heterocycles. The van der Waals surface area contributed by atoms with Crippen molar-refractivity contribution in [1.29, 1.82) is 0 Å². The SMILES string of the molecule is CCC(CC[C@@H]1CCC(C)=NO1)c1ccccc1. The van der Waals surface area contributed by atoms with Crippen molar-refractivity contribution in [2.24, 2.45) is 5.16 Å². The molecule has 1 aliphatic rings. The summed E-state index contributed by atoms with van der Waals surface area (Å²) in [6.07, 6.45) is 6.04. The first-order valence-electron chi connectivity index (χ1n) is 7.03. The van der Waals surface area contributed by atoms with Crippen molar-refractivity contribution in [1.82, 2.24) is 0 Å². The van der Waals surface area contributed by atoms with Crippen molar-refractivity contribution >= 4 is 5.71 Å². The molecule has 18 heavy (non-hydrogen) atoms. The summed E-state index contributed by atoms with van der Waals surface area (Å²) in [7, 11) is 0. The van der Waals surface area contributed by atoms with Crippen LogP contribution in [-0.4, -0.2) is 11.8 Å². The van der Waals surface area contributed by atoms with Gasteiger partial charge >= 0.3 is 0 Å². The van der Waals surface area contributed by atoms with E-state index in [9.17, 15) is 0 Å². The second-order valence-corrected chi connectivity index (χ2v) is 5.19. The molecular weight excluding hydrogens is 222 g/mol. The van der Waals surface area contributed by atoms with Crippen molar-refractivity contribution in [3.05, 3.63) is 35.9 Å². The molecule has 2 atom stereocenters. The molecule has 98 valence electrons. The Hall–Kier alpha value is -1.31. The van der Waals surface area contributed by atoms with E-state index in [0.717, 1.165) is 25.0 Å². The smallest absolute Gasteiger partial charge is 0.127 e. The maximum atomic E-state index is 5.51. The minimum atomic E-state index is 0.325. The van der Waals surface area contributed by atoms with Crippen LogP contribution in [0.15, 0.2) is 35.5 Å². The molecule has 0 bridgehead atoms. The predicted molar refractivity (Wildman–Crippen MR) is 75.9 cm³/mol. The van der Waals surface area contributed by atoms with E-state index in [1.807, 2.05) is 6.92 Å². The first-order chi connectivity index (χ1) is 8.79. The van der Waals surface area contributed by atoms with Crippen LogP contribution in [-0.2, 0) is 4.84 Å². The summed E-state index contributed by atoms with van der Waals surface area (Å²) in [5, 5.41) is 4.10. The molecular formula is C16H23NO. The van der Waals surface area contributed by atoms with Crippen molar-refractivity contribution < 1.29 is 4.84 Å². The summed E-state index contributed by atoms with van der Waals surface area (Å²) >= 11 is 0. The summed E-state index contributed by atoms with van der Waals surface area (Å²) in [5.74, 6) is 0.654. The Balaban J connectivity index is 1.85. The first-order valence-corrected chi connectivity index (χ1v) is 7.03. The van der Waals surface area contributed by atoms with Crippen LogP contribution in [0, 0.1) is 0 Å². The lowest BCUT2D eigenvalue weighted by atomic mass is 9.90. The number of rotatable bonds is 5. The van der Waals surface area contributed by atoms with Gasteiger partial charge in [-0.1, -0.05) is 42.4 Å². The average molecular weight is 245 g/mol. The molecule has 1 aliphatic heterocycles. The maximum absolute atomic E-state index is 5.51. The van der Waals surface area contributed by atoms with Crippen LogP contribution in [0.1, 0.15) is 57.4 Å². The zero-order valence-corrected chi connectivity index (χ0v) is 11.4. The fourth-order valence-electron chi connectivity index (χ4n) is 2.55. The van der Waals surface area contributed by atoms with Gasteiger partial charge in [0.05, 0.1) is 5.71 Å². The zero-order chi connectivity index (χ0) is 12.8. The average Bonchev–Trinajstić information content (AvgIpc) is 2.43. The Labute approximate surface area is 110 Å². The number of benzene rings is 1. The molecule has 1 aromatic rings. The van der Waals surface area contributed by atoms with E-state index in [2.05, 4.69) is 42.4 Å². The lowest BCUT2D eigenvalue weighted by Crippen LogP contribution is -2.18. The van der Waals surface area contributed by atoms with Crippen LogP contribution in [0.3, 0.4) is 0 Å². The van der Waals surface area contributed by atoms with E-state index in [1.54, 1.807) is 0 Å². The standard InChI is InChI=1S/C16H23NO/c1-3-14(15-7-5-4-6-8-15)10-12-16-11-9-13(2)17-18-16/h4-8,14,16H,3,9-12H2,1-2H3/t14?,16-/m0/s1. The number of hydrogen-bond acceptors (Lipinski definition) is 2. The van der Waals surface area contributed by atoms with Crippen LogP contribution in [0.25, 0.3) is 0 Å². The largest absolute Gasteiger partial charge is 0.393 e. The van der Waals surface area contributed by atoms with Gasteiger partial charge in [-0.3, -0.25) is 0 Å². The summed E-state index contributed by atoms with van der Waals surface area (Å²) < 4.78 is 0. The fraction of sp³-hybridized carbons (Fsp3) is 0.562. The lowest BCUT2D eigenvalue weighted by molar-refractivity contribution is 0.0350. The van der Waals surface area contributed by atoms with E-state index in [-0.39, 0.29) is 0 Å². The lowest BCUT2D eigenvalue weighted by Gasteiger charge is -2.22. The van der Waals surface area contributed by atoms with Gasteiger partial charge in [0.25, 0.3) is 0 Å². The Kier molecular flexibility index (Phi) is 4.80. The number of oxime groups is 1. The maximum Gasteiger partial charge on any atom is 0.127 e. The number of nitrogens with zero attached hydrogens (tertiary/aromatic N) is 1. The van der Waals surface area contributed by atoms with E-state index in [0.29, 0.717) is 12.0 Å². The van der Waals surface area contributed by atoms with Gasteiger partial charge < -0.3 is 4.84 Å². The van der Waals surface area contributed by atoms with E-state index in [1.165, 1.54) is 18.4 Å². The summed E-state index contributed by atoms with van der Waals surface area (Å²) in [5.41, 5.74) is 2.58. The summed E-state index contributed by atoms with van der Waals surface area (Å²) in [4.78, 5) is 5.51. The highest BCUT2D eigenvalue weighted by Crippen LogP contribution is 2.27. The monoisotopic (exact) mass is 245 g/mol. The molecule has 1 heterocycles. The van der Waals surface area contributed by atoms with E-state index in [4.69, 9.17) is 4.84 Å². The molecule has 0 radical (unpaired) electrons. The van der Waals surface area contributed by atoms with Gasteiger partial charge in [0, 0.05) is 0 Å². The molecule has 0 spiro atoms. The van der Waals surface area contributed by atoms with Gasteiger partial charge in [-0.15, -0.1) is 0 Å². The van der Waals surface area contributed by atoms with E-state index < -0.39 is 0 Å². The molecule has 0 fully saturated rings. The molecule has 0 amide bonds. The Morgan fingerprint density at radius 3 is 2.72 bits per heavy atom. The Morgan fingerprint density at radius 1 is 1.33 bits per heavy atom. The van der Waals surface area contributed by atoms with Crippen LogP contribution in [0.4, 0.5) is 0 Å². The molecule has 0 N–H and O–H groups in total. The number of hydrogen-bond donors (Lipinski definition) is 0. The molecule has 1 aromatic carbocycles. The summed E-state index contributed by atoms with van der Waals surface area (Å²) in [6, 6.07) is 10.8. The molecule has 2 rings (SSSR count). The van der Waals surface area contributed by atoms with Crippen LogP contribution >= 0.6 is 0 Å². The molecule has 0 saturated carbocycles. The van der Waals surface area contributed by atoms with Crippen LogP contribution in [0.5, 0.6) is 0 Å². The minimum Gasteiger partial charge on any atom is -0.393 e. The van der Waals surface area contributed by atoms with Gasteiger partial charge in [0.1, 0.15) is 6.10 Å². The highest BCUT2D eigenvalue weighted by atomic mass is 16.6. The molecule has 2 nitrogen and oxygen atoms in total. The normalized spacial score (nSPS) is 21.0. The second kappa shape index (κ2) is 6.58. The van der Waals surface area contributed by atoms with Gasteiger partial charge in [-0.2, -0.15) is 0 Å². The highest BCUT2D eigenvalue weighted by molar-refractivity contribution is 5.81. The van der Waals surface area contributed by atoms with Gasteiger partial charge in [0.2, 0.25) is 0 Å². The first kappa shape index (κ1) is 13.1. The van der Waals surface area contributed by atoms with Gasteiger partial charge in [-0.25, -0.2) is 0 Å². The highest BCUT2D eigenvalue weighted by Gasteiger charge is 2.18. The van der Waals surface area contributed by atoms with Crippen molar-refractivity contribution in [3.63, 3.8) is 0 Å². The van der Waals surface area contributed by atoms with Crippen molar-refractivity contribution in [2.45, 2.75) is 58.0 Å². The molecule has 0 aliphatic carbocycles. The second-order valence-electron chi connectivity index (χ2n) is 5.19. The summed E-state index contributed by atoms with van der Waals surface area (Å²) in [6.45, 7) is 4.30. The quantitative estimate of drug-likeness (QED) is 0.747. The zero-order valence-electron chi connectivity index (χ0n) is 11.4. The third-order valence-electron chi connectivity index (χ3n) is 3.79. The van der Waals surface area contributed by atoms with E-state index >= 15 is 0 Å². The minimum absolute atomic E-state index is 0.325. The molecule has 2 heteroatoms. The van der Waals surface area contributed by atoms with Crippen molar-refractivity contribution in [2.75, 3.05) is 0 Å². The topological polar surface area (TPSA) is 21.6 Å². The predicted octanol–water partition coefficient (Wildman–Crippen LogP) is 4.52. The van der Waals surface area contributed by atoms with Crippen LogP contribution < -0.4 is 0 Å². The van der Waals surface area contributed by atoms with Gasteiger partial charge in [0.15, 0.2) is 0 Å². The fourth-order valence-corrected chi connectivity index (χ4v) is 2.55. The molecule has 0 aromatic heterocycles. The van der Waals surface area contributed by atoms with Crippen molar-refractivity contribution in [3.8, 4) is 0 Å². The van der Waals surface area contributed by atoms with Crippen LogP contribution in [0.2, 0.25) is 0 Å². The van der Waals surface area contributed by atoms with Gasteiger partial charge in [-0.05, 0) is 50.5 Å². The third kappa shape index (κ3) is 3.59.